The predicted molar refractivity (Wildman–Crippen MR) is 101 cm³/mol. The van der Waals surface area contributed by atoms with Gasteiger partial charge in [0.15, 0.2) is 0 Å². The molecule has 1 heterocycles. The Morgan fingerprint density at radius 3 is 2.68 bits per heavy atom. The first-order valence-corrected chi connectivity index (χ1v) is 8.83. The van der Waals surface area contributed by atoms with Crippen molar-refractivity contribution in [1.82, 2.24) is 9.55 Å². The van der Waals surface area contributed by atoms with E-state index in [4.69, 9.17) is 9.84 Å². The Bertz CT molecular complexity index is 820. The average molecular weight is 406 g/mol. The topological polar surface area (TPSA) is 79.5 Å². The van der Waals surface area contributed by atoms with Crippen molar-refractivity contribution in [3.05, 3.63) is 53.0 Å². The molecule has 0 amide bonds. The molecule has 3 aromatic rings. The van der Waals surface area contributed by atoms with Gasteiger partial charge >= 0.3 is 0 Å². The number of imidazole rings is 1. The van der Waals surface area contributed by atoms with E-state index in [-0.39, 0.29) is 13.2 Å². The lowest BCUT2D eigenvalue weighted by Crippen LogP contribution is -2.24. The summed E-state index contributed by atoms with van der Waals surface area (Å²) in [5.74, 6) is 1.33. The number of benzene rings is 2. The minimum absolute atomic E-state index is 0.0123. The van der Waals surface area contributed by atoms with Crippen LogP contribution in [0, 0.1) is 0 Å². The van der Waals surface area contributed by atoms with Gasteiger partial charge in [-0.2, -0.15) is 0 Å². The highest BCUT2D eigenvalue weighted by Crippen LogP contribution is 2.21. The minimum Gasteiger partial charge on any atom is -0.491 e. The zero-order valence-corrected chi connectivity index (χ0v) is 15.2. The smallest absolute Gasteiger partial charge is 0.204 e. The summed E-state index contributed by atoms with van der Waals surface area (Å²) < 4.78 is 8.52. The number of hydrogen-bond donors (Lipinski definition) is 3. The molecule has 2 aromatic carbocycles. The maximum absolute atomic E-state index is 10.4. The number of rotatable bonds is 8. The number of aliphatic hydroxyl groups is 2. The van der Waals surface area contributed by atoms with E-state index in [9.17, 15) is 5.11 Å². The quantitative estimate of drug-likeness (QED) is 0.536. The fourth-order valence-corrected chi connectivity index (χ4v) is 2.81. The van der Waals surface area contributed by atoms with Gasteiger partial charge in [-0.15, -0.1) is 0 Å². The number of nitrogens with one attached hydrogen (secondary N) is 1. The first-order valence-electron chi connectivity index (χ1n) is 8.04. The molecule has 0 aliphatic carbocycles. The zero-order valence-electron chi connectivity index (χ0n) is 13.6. The van der Waals surface area contributed by atoms with Crippen LogP contribution in [0.3, 0.4) is 0 Å². The average Bonchev–Trinajstić information content (AvgIpc) is 2.97. The molecule has 25 heavy (non-hydrogen) atoms. The van der Waals surface area contributed by atoms with Gasteiger partial charge in [-0.1, -0.05) is 28.1 Å². The molecule has 0 bridgehead atoms. The third-order valence-corrected chi connectivity index (χ3v) is 4.23. The number of nitrogens with zero attached hydrogens (tertiary/aromatic N) is 2. The molecule has 1 atom stereocenters. The fourth-order valence-electron chi connectivity index (χ4n) is 2.55. The summed E-state index contributed by atoms with van der Waals surface area (Å²) >= 11 is 3.38. The number of ether oxygens (including phenoxy) is 1. The summed E-state index contributed by atoms with van der Waals surface area (Å²) in [5, 5.41) is 22.5. The van der Waals surface area contributed by atoms with Crippen molar-refractivity contribution in [2.45, 2.75) is 12.6 Å². The molecule has 6 nitrogen and oxygen atoms in total. The van der Waals surface area contributed by atoms with E-state index in [0.29, 0.717) is 24.8 Å². The van der Waals surface area contributed by atoms with E-state index in [1.165, 1.54) is 0 Å². The molecular formula is C18H20BrN3O3. The van der Waals surface area contributed by atoms with Crippen LogP contribution in [0.4, 0.5) is 5.95 Å². The van der Waals surface area contributed by atoms with Crippen molar-refractivity contribution >= 4 is 32.9 Å². The van der Waals surface area contributed by atoms with Gasteiger partial charge in [0.25, 0.3) is 0 Å². The molecule has 3 rings (SSSR count). The molecule has 0 aliphatic rings. The van der Waals surface area contributed by atoms with Crippen molar-refractivity contribution in [2.75, 3.05) is 25.1 Å². The Hall–Kier alpha value is -2.09. The van der Waals surface area contributed by atoms with Gasteiger partial charge in [0.1, 0.15) is 18.5 Å². The molecule has 0 saturated heterocycles. The summed E-state index contributed by atoms with van der Waals surface area (Å²) in [7, 11) is 0. The highest BCUT2D eigenvalue weighted by atomic mass is 79.9. The second-order valence-corrected chi connectivity index (χ2v) is 6.52. The molecule has 132 valence electrons. The summed E-state index contributed by atoms with van der Waals surface area (Å²) in [4.78, 5) is 4.51. The van der Waals surface area contributed by atoms with Crippen molar-refractivity contribution in [3.8, 4) is 5.75 Å². The molecule has 0 spiro atoms. The standard InChI is InChI=1S/C18H20BrN3O3/c19-13-5-7-15(8-6-13)25-12-14(24)11-22-17-4-2-1-3-16(17)21-18(22)20-9-10-23/h1-8,14,23-24H,9-12H2,(H,20,21). The molecule has 3 N–H and O–H groups in total. The van der Waals surface area contributed by atoms with Crippen LogP contribution in [0.1, 0.15) is 0 Å². The monoisotopic (exact) mass is 405 g/mol. The number of hydrogen-bond acceptors (Lipinski definition) is 5. The van der Waals surface area contributed by atoms with Crippen LogP contribution in [0.5, 0.6) is 5.75 Å². The number of aliphatic hydroxyl groups excluding tert-OH is 2. The van der Waals surface area contributed by atoms with Crippen molar-refractivity contribution in [2.24, 2.45) is 0 Å². The maximum atomic E-state index is 10.4. The zero-order chi connectivity index (χ0) is 17.6. The minimum atomic E-state index is -0.698. The second-order valence-electron chi connectivity index (χ2n) is 5.60. The van der Waals surface area contributed by atoms with E-state index in [0.717, 1.165) is 15.5 Å². The first kappa shape index (κ1) is 17.7. The van der Waals surface area contributed by atoms with Crippen molar-refractivity contribution in [1.29, 1.82) is 0 Å². The van der Waals surface area contributed by atoms with E-state index >= 15 is 0 Å². The van der Waals surface area contributed by atoms with Gasteiger partial charge in [0.05, 0.1) is 24.2 Å². The lowest BCUT2D eigenvalue weighted by molar-refractivity contribution is 0.0938. The fraction of sp³-hybridized carbons (Fsp3) is 0.278. The van der Waals surface area contributed by atoms with Crippen LogP contribution in [0.2, 0.25) is 0 Å². The Kier molecular flexibility index (Phi) is 5.91. The van der Waals surface area contributed by atoms with Crippen LogP contribution in [0.25, 0.3) is 11.0 Å². The van der Waals surface area contributed by atoms with Crippen molar-refractivity contribution < 1.29 is 14.9 Å². The van der Waals surface area contributed by atoms with Crippen LogP contribution in [-0.4, -0.2) is 45.6 Å². The second kappa shape index (κ2) is 8.33. The molecule has 0 aliphatic heterocycles. The molecule has 0 saturated carbocycles. The number of halogens is 1. The number of anilines is 1. The Balaban J connectivity index is 1.70. The molecule has 0 fully saturated rings. The summed E-state index contributed by atoms with van der Waals surface area (Å²) in [6.07, 6.45) is -0.698. The Morgan fingerprint density at radius 2 is 1.92 bits per heavy atom. The van der Waals surface area contributed by atoms with Crippen LogP contribution in [0.15, 0.2) is 53.0 Å². The van der Waals surface area contributed by atoms with Gasteiger partial charge < -0.3 is 24.8 Å². The van der Waals surface area contributed by atoms with Crippen LogP contribution < -0.4 is 10.1 Å². The van der Waals surface area contributed by atoms with Gasteiger partial charge in [-0.05, 0) is 36.4 Å². The van der Waals surface area contributed by atoms with E-state index in [1.54, 1.807) is 0 Å². The number of aromatic nitrogens is 2. The van der Waals surface area contributed by atoms with Gasteiger partial charge in [0.2, 0.25) is 5.95 Å². The van der Waals surface area contributed by atoms with Gasteiger partial charge in [-0.25, -0.2) is 4.98 Å². The normalized spacial score (nSPS) is 12.3. The summed E-state index contributed by atoms with van der Waals surface area (Å²) in [6, 6.07) is 15.2. The highest BCUT2D eigenvalue weighted by molar-refractivity contribution is 9.10. The van der Waals surface area contributed by atoms with E-state index < -0.39 is 6.10 Å². The number of fused-ring (bicyclic) bond motifs is 1. The molecular weight excluding hydrogens is 386 g/mol. The lowest BCUT2D eigenvalue weighted by atomic mass is 10.3. The Morgan fingerprint density at radius 1 is 1.16 bits per heavy atom. The third kappa shape index (κ3) is 4.50. The summed E-state index contributed by atoms with van der Waals surface area (Å²) in [6.45, 7) is 0.922. The highest BCUT2D eigenvalue weighted by Gasteiger charge is 2.14. The predicted octanol–water partition coefficient (Wildman–Crippen LogP) is 2.64. The van der Waals surface area contributed by atoms with Crippen LogP contribution >= 0.6 is 15.9 Å². The lowest BCUT2D eigenvalue weighted by Gasteiger charge is -2.16. The van der Waals surface area contributed by atoms with Crippen molar-refractivity contribution in [3.63, 3.8) is 0 Å². The van der Waals surface area contributed by atoms with Crippen LogP contribution in [-0.2, 0) is 6.54 Å². The number of para-hydroxylation sites is 2. The largest absolute Gasteiger partial charge is 0.491 e. The molecule has 0 radical (unpaired) electrons. The van der Waals surface area contributed by atoms with E-state index in [2.05, 4.69) is 26.2 Å². The SMILES string of the molecule is OCCNc1nc2ccccc2n1CC(O)COc1ccc(Br)cc1. The maximum Gasteiger partial charge on any atom is 0.204 e. The third-order valence-electron chi connectivity index (χ3n) is 3.70. The molecule has 7 heteroatoms. The first-order chi connectivity index (χ1) is 12.2. The molecule has 1 aromatic heterocycles. The van der Waals surface area contributed by atoms with Gasteiger partial charge in [0, 0.05) is 11.0 Å². The molecule has 1 unspecified atom stereocenters. The Labute approximate surface area is 154 Å². The summed E-state index contributed by atoms with van der Waals surface area (Å²) in [5.41, 5.74) is 1.76. The van der Waals surface area contributed by atoms with Gasteiger partial charge in [-0.3, -0.25) is 0 Å². The van der Waals surface area contributed by atoms with E-state index in [1.807, 2.05) is 53.1 Å².